The summed E-state index contributed by atoms with van der Waals surface area (Å²) in [6.07, 6.45) is 1.34. The van der Waals surface area contributed by atoms with Gasteiger partial charge < -0.3 is 20.1 Å². The summed E-state index contributed by atoms with van der Waals surface area (Å²) in [5.41, 5.74) is 0.225. The van der Waals surface area contributed by atoms with E-state index in [1.165, 1.54) is 44.5 Å². The van der Waals surface area contributed by atoms with Crippen LogP contribution in [0.3, 0.4) is 0 Å². The number of hydrogen-bond acceptors (Lipinski definition) is 4. The van der Waals surface area contributed by atoms with Gasteiger partial charge in [-0.2, -0.15) is 4.90 Å². The highest BCUT2D eigenvalue weighted by atomic mass is 19.1. The third-order valence-corrected chi connectivity index (χ3v) is 2.93. The Hall–Kier alpha value is -3.03. The second-order valence-electron chi connectivity index (χ2n) is 4.36. The van der Waals surface area contributed by atoms with E-state index in [2.05, 4.69) is 4.98 Å². The van der Waals surface area contributed by atoms with Crippen molar-refractivity contribution in [1.29, 1.82) is 0 Å². The molecule has 7 nitrogen and oxygen atoms in total. The van der Waals surface area contributed by atoms with Crippen molar-refractivity contribution >= 4 is 17.4 Å². The molecule has 2 rings (SSSR count). The van der Waals surface area contributed by atoms with Crippen molar-refractivity contribution in [2.75, 3.05) is 12.0 Å². The average Bonchev–Trinajstić information content (AvgIpc) is 2.47. The number of nitrogens with zero attached hydrogens (tertiary/aromatic N) is 2. The molecule has 0 bridgehead atoms. The number of ether oxygens (including phenoxy) is 1. The zero-order chi connectivity index (χ0) is 16.3. The molecule has 0 saturated carbocycles. The number of amides is 1. The topological polar surface area (TPSA) is 94.5 Å². The number of hydrogen-bond donors (Lipinski definition) is 1. The molecule has 0 saturated heterocycles. The van der Waals surface area contributed by atoms with Gasteiger partial charge in [-0.15, -0.1) is 0 Å². The third kappa shape index (κ3) is 3.00. The maximum Gasteiger partial charge on any atom is 0.229 e. The molecule has 0 fully saturated rings. The monoisotopic (exact) mass is 306 g/mol. The van der Waals surface area contributed by atoms with Crippen LogP contribution < -0.4 is 19.9 Å². The summed E-state index contributed by atoms with van der Waals surface area (Å²) in [5.74, 6) is -0.875. The van der Waals surface area contributed by atoms with E-state index < -0.39 is 16.6 Å². The number of anilines is 2. The molecule has 0 atom stereocenters. The van der Waals surface area contributed by atoms with Gasteiger partial charge in [0.05, 0.1) is 18.9 Å². The number of carbonyl (C=O) groups excluding carboxylic acids is 1. The van der Waals surface area contributed by atoms with Gasteiger partial charge in [-0.05, 0) is 12.1 Å². The molecule has 0 aliphatic carbocycles. The van der Waals surface area contributed by atoms with E-state index in [0.29, 0.717) is 0 Å². The fourth-order valence-corrected chi connectivity index (χ4v) is 1.97. The van der Waals surface area contributed by atoms with E-state index >= 15 is 0 Å². The highest BCUT2D eigenvalue weighted by Crippen LogP contribution is 2.27. The molecule has 8 heteroatoms. The van der Waals surface area contributed by atoms with Gasteiger partial charge in [0.2, 0.25) is 11.3 Å². The molecule has 22 heavy (non-hydrogen) atoms. The molecule has 1 N–H and O–H groups in total. The summed E-state index contributed by atoms with van der Waals surface area (Å²) in [6.45, 7) is 1.27. The van der Waals surface area contributed by atoms with Crippen LogP contribution in [0.25, 0.3) is 0 Å². The highest BCUT2D eigenvalue weighted by Gasteiger charge is 2.17. The van der Waals surface area contributed by atoms with Crippen molar-refractivity contribution in [3.8, 4) is 5.75 Å². The number of rotatable bonds is 3. The lowest BCUT2D eigenvalue weighted by Crippen LogP contribution is -2.27. The SMILES string of the molecule is COc1ccc(N(C(C)=O)c2cc(=[N+]([O-])[O-])cc[nH]2)cc1F. The number of nitrogens with one attached hydrogen (secondary N) is 1. The Morgan fingerprint density at radius 2 is 2.05 bits per heavy atom. The zero-order valence-electron chi connectivity index (χ0n) is 11.9. The standard InChI is InChI=1S/C14H13FN3O4/c1-9(19)17(10-3-4-13(22-2)12(15)7-10)14-8-11(18(20)21)5-6-16-14/h3-8,16H,1-2H3/q-1. The number of aromatic nitrogens is 1. The van der Waals surface area contributed by atoms with Gasteiger partial charge in [-0.3, -0.25) is 9.69 Å². The summed E-state index contributed by atoms with van der Waals surface area (Å²) < 4.78 is 18.6. The van der Waals surface area contributed by atoms with Crippen molar-refractivity contribution in [3.05, 3.63) is 58.1 Å². The summed E-state index contributed by atoms with van der Waals surface area (Å²) in [4.78, 5) is 15.2. The number of H-pyrrole nitrogens is 1. The minimum absolute atomic E-state index is 0.0373. The van der Waals surface area contributed by atoms with Gasteiger partial charge in [0.15, 0.2) is 11.6 Å². The van der Waals surface area contributed by atoms with Crippen molar-refractivity contribution in [1.82, 2.24) is 9.89 Å². The average molecular weight is 306 g/mol. The number of methoxy groups -OCH3 is 1. The lowest BCUT2D eigenvalue weighted by molar-refractivity contribution is -0.115. The van der Waals surface area contributed by atoms with Gasteiger partial charge in [-0.25, -0.2) is 4.39 Å². The van der Waals surface area contributed by atoms with Crippen molar-refractivity contribution < 1.29 is 13.9 Å². The smallest absolute Gasteiger partial charge is 0.229 e. The van der Waals surface area contributed by atoms with Crippen molar-refractivity contribution in [3.63, 3.8) is 0 Å². The van der Waals surface area contributed by atoms with E-state index in [1.54, 1.807) is 0 Å². The molecule has 0 spiro atoms. The van der Waals surface area contributed by atoms with E-state index in [0.717, 1.165) is 11.0 Å². The first-order chi connectivity index (χ1) is 10.4. The quantitative estimate of drug-likeness (QED) is 0.872. The Kier molecular flexibility index (Phi) is 4.31. The van der Waals surface area contributed by atoms with E-state index in [1.807, 2.05) is 0 Å². The maximum atomic E-state index is 13.8. The van der Waals surface area contributed by atoms with Gasteiger partial charge in [0.1, 0.15) is 5.82 Å². The Morgan fingerprint density at radius 1 is 1.32 bits per heavy atom. The molecule has 0 aliphatic heterocycles. The summed E-state index contributed by atoms with van der Waals surface area (Å²) >= 11 is 0. The van der Waals surface area contributed by atoms with Crippen LogP contribution >= 0.6 is 0 Å². The van der Waals surface area contributed by atoms with Crippen molar-refractivity contribution in [2.45, 2.75) is 6.92 Å². The van der Waals surface area contributed by atoms with E-state index in [-0.39, 0.29) is 22.6 Å². The van der Waals surface area contributed by atoms with Gasteiger partial charge in [0.25, 0.3) is 0 Å². The maximum absolute atomic E-state index is 13.8. The fourth-order valence-electron chi connectivity index (χ4n) is 1.97. The van der Waals surface area contributed by atoms with Crippen LogP contribution in [-0.2, 0) is 4.79 Å². The Morgan fingerprint density at radius 3 is 2.59 bits per heavy atom. The lowest BCUT2D eigenvalue weighted by atomic mass is 10.2. The highest BCUT2D eigenvalue weighted by molar-refractivity contribution is 5.98. The number of benzene rings is 1. The summed E-state index contributed by atoms with van der Waals surface area (Å²) in [5, 5.41) is 21.5. The number of aromatic amines is 1. The van der Waals surface area contributed by atoms with Crippen molar-refractivity contribution in [2.24, 2.45) is 0 Å². The van der Waals surface area contributed by atoms with Crippen LogP contribution in [0, 0.1) is 16.2 Å². The summed E-state index contributed by atoms with van der Waals surface area (Å²) in [6, 6.07) is 6.43. The van der Waals surface area contributed by atoms with E-state index in [9.17, 15) is 19.6 Å². The first kappa shape index (κ1) is 15.4. The summed E-state index contributed by atoms with van der Waals surface area (Å²) in [7, 11) is 1.33. The second-order valence-corrected chi connectivity index (χ2v) is 4.36. The first-order valence-corrected chi connectivity index (χ1v) is 6.24. The molecule has 0 aliphatic rings. The van der Waals surface area contributed by atoms with Gasteiger partial charge in [-0.1, -0.05) is 0 Å². The normalized spacial score (nSPS) is 10.1. The molecule has 0 unspecified atom stereocenters. The molecular weight excluding hydrogens is 293 g/mol. The molecule has 116 valence electrons. The van der Waals surface area contributed by atoms with Gasteiger partial charge in [0, 0.05) is 25.3 Å². The molecule has 1 aromatic heterocycles. The third-order valence-electron chi connectivity index (χ3n) is 2.93. The molecule has 0 radical (unpaired) electrons. The van der Waals surface area contributed by atoms with Crippen LogP contribution in [-0.4, -0.2) is 18.0 Å². The first-order valence-electron chi connectivity index (χ1n) is 6.24. The van der Waals surface area contributed by atoms with Crippen LogP contribution in [0.5, 0.6) is 5.75 Å². The minimum Gasteiger partial charge on any atom is -0.612 e. The molecule has 1 aromatic carbocycles. The Labute approximate surface area is 125 Å². The molecular formula is C14H13FN3O4-. The van der Waals surface area contributed by atoms with Crippen LogP contribution in [0.1, 0.15) is 6.92 Å². The lowest BCUT2D eigenvalue weighted by Gasteiger charge is -2.21. The molecule has 2 aromatic rings. The van der Waals surface area contributed by atoms with Gasteiger partial charge >= 0.3 is 0 Å². The second kappa shape index (κ2) is 6.17. The zero-order valence-corrected chi connectivity index (χ0v) is 11.9. The van der Waals surface area contributed by atoms with Crippen LogP contribution in [0.4, 0.5) is 15.9 Å². The molecule has 1 amide bonds. The predicted octanol–water partition coefficient (Wildman–Crippen LogP) is 1.61. The molecule has 1 heterocycles. The largest absolute Gasteiger partial charge is 0.612 e. The number of pyridine rings is 1. The fraction of sp³-hybridized carbons (Fsp3) is 0.143. The Bertz CT molecular complexity index is 769. The Balaban J connectivity index is 2.56. The van der Waals surface area contributed by atoms with E-state index in [4.69, 9.17) is 4.74 Å². The minimum atomic E-state index is -0.642. The number of carbonyl (C=O) groups is 1. The number of halogens is 1. The van der Waals surface area contributed by atoms with Crippen LogP contribution in [0.2, 0.25) is 0 Å². The van der Waals surface area contributed by atoms with Crippen LogP contribution in [0.15, 0.2) is 36.5 Å². The predicted molar refractivity (Wildman–Crippen MR) is 78.6 cm³/mol.